The Morgan fingerprint density at radius 1 is 1.42 bits per heavy atom. The van der Waals surface area contributed by atoms with Gasteiger partial charge in [0.2, 0.25) is 5.91 Å². The van der Waals surface area contributed by atoms with E-state index in [-0.39, 0.29) is 17.9 Å². The second kappa shape index (κ2) is 6.06. The number of carbonyl (C=O) groups excluding carboxylic acids is 1. The number of hydrogen-bond acceptors (Lipinski definition) is 3. The average molecular weight is 263 g/mol. The van der Waals surface area contributed by atoms with Crippen LogP contribution >= 0.6 is 0 Å². The summed E-state index contributed by atoms with van der Waals surface area (Å²) in [5.74, 6) is 0.753. The van der Waals surface area contributed by atoms with Crippen molar-refractivity contribution in [3.05, 3.63) is 29.8 Å². The summed E-state index contributed by atoms with van der Waals surface area (Å²) in [6.45, 7) is 0.865. The highest BCUT2D eigenvalue weighted by molar-refractivity contribution is 5.79. The summed E-state index contributed by atoms with van der Waals surface area (Å²) in [6.07, 6.45) is 3.31. The molecular weight excluding hydrogens is 242 g/mol. The van der Waals surface area contributed by atoms with Crippen LogP contribution in [0.2, 0.25) is 0 Å². The Kier molecular flexibility index (Phi) is 4.43. The predicted octanol–water partition coefficient (Wildman–Crippen LogP) is 1.52. The average Bonchev–Trinajstić information content (AvgIpc) is 3.18. The first-order valence-corrected chi connectivity index (χ1v) is 6.68. The van der Waals surface area contributed by atoms with Gasteiger partial charge < -0.3 is 15.2 Å². The van der Waals surface area contributed by atoms with Crippen LogP contribution in [-0.4, -0.2) is 31.3 Å². The Balaban J connectivity index is 1.84. The number of carbonyl (C=O) groups is 1. The molecule has 1 saturated carbocycles. The van der Waals surface area contributed by atoms with Crippen LogP contribution in [0.3, 0.4) is 0 Å². The summed E-state index contributed by atoms with van der Waals surface area (Å²) in [7, 11) is 1.61. The highest BCUT2D eigenvalue weighted by Gasteiger charge is 2.41. The van der Waals surface area contributed by atoms with E-state index >= 15 is 0 Å². The van der Waals surface area contributed by atoms with E-state index < -0.39 is 0 Å². The van der Waals surface area contributed by atoms with Crippen LogP contribution in [0, 0.1) is 5.41 Å². The quantitative estimate of drug-likeness (QED) is 0.784. The van der Waals surface area contributed by atoms with Crippen molar-refractivity contribution in [1.29, 1.82) is 0 Å². The van der Waals surface area contributed by atoms with Crippen LogP contribution in [0.15, 0.2) is 24.3 Å². The Morgan fingerprint density at radius 2 is 2.16 bits per heavy atom. The number of amides is 1. The van der Waals surface area contributed by atoms with E-state index in [9.17, 15) is 4.79 Å². The molecule has 19 heavy (non-hydrogen) atoms. The second-order valence-corrected chi connectivity index (χ2v) is 5.24. The zero-order valence-corrected chi connectivity index (χ0v) is 11.3. The molecule has 4 nitrogen and oxygen atoms in total. The van der Waals surface area contributed by atoms with Crippen LogP contribution in [0.5, 0.6) is 5.75 Å². The fourth-order valence-corrected chi connectivity index (χ4v) is 2.30. The highest BCUT2D eigenvalue weighted by Crippen LogP contribution is 2.47. The monoisotopic (exact) mass is 263 g/mol. The van der Waals surface area contributed by atoms with E-state index in [2.05, 4.69) is 5.32 Å². The van der Waals surface area contributed by atoms with E-state index in [0.717, 1.165) is 30.6 Å². The molecule has 0 spiro atoms. The smallest absolute Gasteiger partial charge is 0.224 e. The third-order valence-corrected chi connectivity index (χ3v) is 3.80. The van der Waals surface area contributed by atoms with Gasteiger partial charge in [0.15, 0.2) is 0 Å². The van der Waals surface area contributed by atoms with Crippen molar-refractivity contribution in [1.82, 2.24) is 5.32 Å². The predicted molar refractivity (Wildman–Crippen MR) is 73.1 cm³/mol. The molecule has 1 aliphatic rings. The molecule has 1 aliphatic carbocycles. The second-order valence-electron chi connectivity index (χ2n) is 5.24. The Labute approximate surface area is 113 Å². The van der Waals surface area contributed by atoms with Crippen molar-refractivity contribution in [2.24, 2.45) is 5.41 Å². The molecule has 0 saturated heterocycles. The van der Waals surface area contributed by atoms with Gasteiger partial charge in [-0.25, -0.2) is 0 Å². The van der Waals surface area contributed by atoms with Crippen molar-refractivity contribution < 1.29 is 14.6 Å². The van der Waals surface area contributed by atoms with E-state index in [1.54, 1.807) is 7.11 Å². The van der Waals surface area contributed by atoms with Gasteiger partial charge in [0, 0.05) is 18.7 Å². The number of nitrogens with one attached hydrogen (secondary N) is 1. The SMILES string of the molecule is COc1ccccc1CC(=O)NCC1(CCO)CC1. The molecule has 1 amide bonds. The van der Waals surface area contributed by atoms with Gasteiger partial charge in [0.25, 0.3) is 0 Å². The van der Waals surface area contributed by atoms with Crippen molar-refractivity contribution in [2.45, 2.75) is 25.7 Å². The molecule has 0 aromatic heterocycles. The van der Waals surface area contributed by atoms with E-state index in [0.29, 0.717) is 13.0 Å². The third kappa shape index (κ3) is 3.70. The lowest BCUT2D eigenvalue weighted by molar-refractivity contribution is -0.120. The number of ether oxygens (including phenoxy) is 1. The van der Waals surface area contributed by atoms with Gasteiger partial charge in [-0.1, -0.05) is 18.2 Å². The van der Waals surface area contributed by atoms with Gasteiger partial charge in [0.1, 0.15) is 5.75 Å². The summed E-state index contributed by atoms with van der Waals surface area (Å²) in [5, 5.41) is 11.9. The number of aliphatic hydroxyl groups excluding tert-OH is 1. The van der Waals surface area contributed by atoms with Crippen LogP contribution < -0.4 is 10.1 Å². The zero-order valence-electron chi connectivity index (χ0n) is 11.3. The summed E-state index contributed by atoms with van der Waals surface area (Å²) >= 11 is 0. The van der Waals surface area contributed by atoms with E-state index in [4.69, 9.17) is 9.84 Å². The van der Waals surface area contributed by atoms with Crippen LogP contribution in [0.1, 0.15) is 24.8 Å². The molecule has 2 rings (SSSR count). The fourth-order valence-electron chi connectivity index (χ4n) is 2.30. The maximum absolute atomic E-state index is 11.9. The minimum atomic E-state index is 0.00807. The zero-order chi connectivity index (χ0) is 13.7. The number of hydrogen-bond donors (Lipinski definition) is 2. The largest absolute Gasteiger partial charge is 0.496 e. The van der Waals surface area contributed by atoms with Gasteiger partial charge >= 0.3 is 0 Å². The first kappa shape index (κ1) is 13.9. The number of methoxy groups -OCH3 is 1. The van der Waals surface area contributed by atoms with Gasteiger partial charge in [-0.15, -0.1) is 0 Å². The Bertz CT molecular complexity index is 441. The molecule has 1 aromatic carbocycles. The fraction of sp³-hybridized carbons (Fsp3) is 0.533. The van der Waals surface area contributed by atoms with E-state index in [1.807, 2.05) is 24.3 Å². The maximum atomic E-state index is 11.9. The topological polar surface area (TPSA) is 58.6 Å². The lowest BCUT2D eigenvalue weighted by Gasteiger charge is -2.15. The molecule has 0 radical (unpaired) electrons. The molecule has 1 fully saturated rings. The van der Waals surface area contributed by atoms with Crippen molar-refractivity contribution >= 4 is 5.91 Å². The third-order valence-electron chi connectivity index (χ3n) is 3.80. The molecule has 4 heteroatoms. The molecule has 1 aromatic rings. The number of benzene rings is 1. The molecule has 104 valence electrons. The molecular formula is C15H21NO3. The minimum Gasteiger partial charge on any atom is -0.496 e. The Morgan fingerprint density at radius 3 is 2.79 bits per heavy atom. The summed E-state index contributed by atoms with van der Waals surface area (Å²) in [4.78, 5) is 11.9. The summed E-state index contributed by atoms with van der Waals surface area (Å²) in [5.41, 5.74) is 1.06. The molecule has 0 unspecified atom stereocenters. The first-order valence-electron chi connectivity index (χ1n) is 6.68. The van der Waals surface area contributed by atoms with Gasteiger partial charge in [-0.05, 0) is 30.7 Å². The standard InChI is InChI=1S/C15H21NO3/c1-19-13-5-3-2-4-12(13)10-14(18)16-11-15(6-7-15)8-9-17/h2-5,17H,6-11H2,1H3,(H,16,18). The van der Waals surface area contributed by atoms with Crippen molar-refractivity contribution in [2.75, 3.05) is 20.3 Å². The Hall–Kier alpha value is -1.55. The van der Waals surface area contributed by atoms with Crippen molar-refractivity contribution in [3.8, 4) is 5.75 Å². The molecule has 0 aliphatic heterocycles. The maximum Gasteiger partial charge on any atom is 0.224 e. The van der Waals surface area contributed by atoms with E-state index in [1.165, 1.54) is 0 Å². The van der Waals surface area contributed by atoms with Gasteiger partial charge in [0.05, 0.1) is 13.5 Å². The van der Waals surface area contributed by atoms with Gasteiger partial charge in [-0.3, -0.25) is 4.79 Å². The molecule has 0 atom stereocenters. The summed E-state index contributed by atoms with van der Waals surface area (Å²) in [6, 6.07) is 7.55. The molecule has 0 heterocycles. The lowest BCUT2D eigenvalue weighted by atomic mass is 10.0. The van der Waals surface area contributed by atoms with Crippen LogP contribution in [0.4, 0.5) is 0 Å². The number of para-hydroxylation sites is 1. The normalized spacial score (nSPS) is 15.9. The van der Waals surface area contributed by atoms with Gasteiger partial charge in [-0.2, -0.15) is 0 Å². The lowest BCUT2D eigenvalue weighted by Crippen LogP contribution is -2.31. The molecule has 0 bridgehead atoms. The van der Waals surface area contributed by atoms with Crippen LogP contribution in [0.25, 0.3) is 0 Å². The summed E-state index contributed by atoms with van der Waals surface area (Å²) < 4.78 is 5.23. The molecule has 2 N–H and O–H groups in total. The first-order chi connectivity index (χ1) is 9.19. The highest BCUT2D eigenvalue weighted by atomic mass is 16.5. The minimum absolute atomic E-state index is 0.00807. The van der Waals surface area contributed by atoms with Crippen molar-refractivity contribution in [3.63, 3.8) is 0 Å². The number of rotatable bonds is 7. The number of aliphatic hydroxyl groups is 1. The van der Waals surface area contributed by atoms with Crippen LogP contribution in [-0.2, 0) is 11.2 Å².